The number of fused-ring (bicyclic) bond motifs is 2. The van der Waals surface area contributed by atoms with E-state index in [4.69, 9.17) is 5.26 Å². The SMILES string of the molecule is N#Cc1cnc(NC2=CC[C@@]3(CN4CCC3CC4)N2)s1. The van der Waals surface area contributed by atoms with Crippen molar-refractivity contribution in [2.24, 2.45) is 5.92 Å². The molecule has 2 N–H and O–H groups in total. The fourth-order valence-corrected chi connectivity index (χ4v) is 4.41. The van der Waals surface area contributed by atoms with E-state index in [0.717, 1.165) is 29.8 Å². The number of hydrogen-bond acceptors (Lipinski definition) is 6. The van der Waals surface area contributed by atoms with Crippen LogP contribution in [-0.4, -0.2) is 35.1 Å². The number of aromatic nitrogens is 1. The van der Waals surface area contributed by atoms with Crippen molar-refractivity contribution in [2.45, 2.75) is 24.8 Å². The molecule has 0 unspecified atom stereocenters. The van der Waals surface area contributed by atoms with E-state index in [9.17, 15) is 0 Å². The van der Waals surface area contributed by atoms with Gasteiger partial charge in [0.25, 0.3) is 0 Å². The summed E-state index contributed by atoms with van der Waals surface area (Å²) >= 11 is 1.40. The van der Waals surface area contributed by atoms with Gasteiger partial charge in [-0.15, -0.1) is 0 Å². The molecule has 2 bridgehead atoms. The molecule has 1 atom stereocenters. The Hall–Kier alpha value is -1.58. The Kier molecular flexibility index (Phi) is 2.72. The fraction of sp³-hybridized carbons (Fsp3) is 0.571. The third-order valence-electron chi connectivity index (χ3n) is 4.79. The van der Waals surface area contributed by atoms with E-state index in [0.29, 0.717) is 4.88 Å². The Morgan fingerprint density at radius 2 is 2.35 bits per heavy atom. The zero-order valence-electron chi connectivity index (χ0n) is 11.2. The molecule has 5 heterocycles. The first-order valence-corrected chi connectivity index (χ1v) is 7.93. The van der Waals surface area contributed by atoms with Crippen LogP contribution in [0.4, 0.5) is 5.13 Å². The number of thiazole rings is 1. The van der Waals surface area contributed by atoms with Crippen LogP contribution in [0.5, 0.6) is 0 Å². The van der Waals surface area contributed by atoms with Crippen LogP contribution in [0.15, 0.2) is 18.1 Å². The molecule has 0 aromatic carbocycles. The van der Waals surface area contributed by atoms with Gasteiger partial charge in [-0.3, -0.25) is 0 Å². The normalized spacial score (nSPS) is 34.6. The molecule has 4 aliphatic rings. The van der Waals surface area contributed by atoms with Gasteiger partial charge >= 0.3 is 0 Å². The van der Waals surface area contributed by atoms with Crippen LogP contribution in [0.3, 0.4) is 0 Å². The molecule has 3 fully saturated rings. The van der Waals surface area contributed by atoms with Crippen molar-refractivity contribution in [1.29, 1.82) is 5.26 Å². The lowest BCUT2D eigenvalue weighted by molar-refractivity contribution is 0.0189. The summed E-state index contributed by atoms with van der Waals surface area (Å²) in [5.74, 6) is 1.84. The van der Waals surface area contributed by atoms with E-state index in [2.05, 4.69) is 32.7 Å². The summed E-state index contributed by atoms with van der Waals surface area (Å²) in [7, 11) is 0. The molecule has 20 heavy (non-hydrogen) atoms. The fourth-order valence-electron chi connectivity index (χ4n) is 3.78. The van der Waals surface area contributed by atoms with Crippen molar-refractivity contribution in [3.8, 4) is 6.07 Å². The van der Waals surface area contributed by atoms with Crippen LogP contribution < -0.4 is 10.6 Å². The molecular formula is C14H17N5S. The molecule has 0 aliphatic carbocycles. The van der Waals surface area contributed by atoms with Crippen molar-refractivity contribution >= 4 is 16.5 Å². The highest BCUT2D eigenvalue weighted by atomic mass is 32.1. The first-order valence-electron chi connectivity index (χ1n) is 7.11. The zero-order chi connectivity index (χ0) is 13.6. The van der Waals surface area contributed by atoms with Gasteiger partial charge in [-0.05, 0) is 44.3 Å². The van der Waals surface area contributed by atoms with Gasteiger partial charge in [-0.25, -0.2) is 4.98 Å². The smallest absolute Gasteiger partial charge is 0.189 e. The lowest BCUT2D eigenvalue weighted by atomic mass is 9.72. The molecule has 6 heteroatoms. The first kappa shape index (κ1) is 12.2. The predicted octanol–water partition coefficient (Wildman–Crippen LogP) is 1.73. The van der Waals surface area contributed by atoms with Crippen LogP contribution in [-0.2, 0) is 0 Å². The summed E-state index contributed by atoms with van der Waals surface area (Å²) in [5.41, 5.74) is 0.230. The molecule has 1 spiro atoms. The lowest BCUT2D eigenvalue weighted by Gasteiger charge is -2.52. The van der Waals surface area contributed by atoms with Crippen molar-refractivity contribution in [3.05, 3.63) is 23.0 Å². The van der Waals surface area contributed by atoms with Crippen molar-refractivity contribution < 1.29 is 0 Å². The van der Waals surface area contributed by atoms with Gasteiger partial charge in [0, 0.05) is 6.54 Å². The number of piperidine rings is 3. The monoisotopic (exact) mass is 287 g/mol. The second-order valence-electron chi connectivity index (χ2n) is 5.92. The highest BCUT2D eigenvalue weighted by molar-refractivity contribution is 7.16. The standard InChI is InChI=1S/C14H17N5S/c15-7-11-8-16-13(20-11)17-12-1-4-14(18-12)9-19-5-2-10(14)3-6-19/h1,8,10,18H,2-6,9H2,(H,16,17)/t14-/m0/s1. The quantitative estimate of drug-likeness (QED) is 0.867. The van der Waals surface area contributed by atoms with Crippen LogP contribution in [0.1, 0.15) is 24.1 Å². The number of hydrogen-bond donors (Lipinski definition) is 2. The number of anilines is 1. The van der Waals surface area contributed by atoms with Crippen molar-refractivity contribution in [1.82, 2.24) is 15.2 Å². The molecule has 0 radical (unpaired) electrons. The van der Waals surface area contributed by atoms with E-state index in [-0.39, 0.29) is 5.54 Å². The average Bonchev–Trinajstić information content (AvgIpc) is 3.08. The minimum Gasteiger partial charge on any atom is -0.365 e. The van der Waals surface area contributed by atoms with Crippen LogP contribution in [0, 0.1) is 17.2 Å². The van der Waals surface area contributed by atoms with Gasteiger partial charge in [-0.1, -0.05) is 11.3 Å². The zero-order valence-corrected chi connectivity index (χ0v) is 12.0. The molecule has 5 rings (SSSR count). The lowest BCUT2D eigenvalue weighted by Crippen LogP contribution is -2.64. The molecule has 0 amide bonds. The third-order valence-corrected chi connectivity index (χ3v) is 5.60. The van der Waals surface area contributed by atoms with Gasteiger partial charge < -0.3 is 15.5 Å². The second kappa shape index (κ2) is 4.47. The van der Waals surface area contributed by atoms with Gasteiger partial charge in [-0.2, -0.15) is 5.26 Å². The molecule has 0 saturated carbocycles. The second-order valence-corrected chi connectivity index (χ2v) is 6.95. The number of nitriles is 1. The van der Waals surface area contributed by atoms with Crippen LogP contribution >= 0.6 is 11.3 Å². The topological polar surface area (TPSA) is 64.0 Å². The van der Waals surface area contributed by atoms with E-state index in [1.165, 1.54) is 37.3 Å². The molecule has 5 nitrogen and oxygen atoms in total. The summed E-state index contributed by atoms with van der Waals surface area (Å²) < 4.78 is 0. The summed E-state index contributed by atoms with van der Waals surface area (Å²) in [5, 5.41) is 16.6. The average molecular weight is 287 g/mol. The minimum atomic E-state index is 0.230. The number of nitrogens with one attached hydrogen (secondary N) is 2. The summed E-state index contributed by atoms with van der Waals surface area (Å²) in [6.45, 7) is 3.67. The number of nitrogens with zero attached hydrogens (tertiary/aromatic N) is 3. The van der Waals surface area contributed by atoms with Crippen molar-refractivity contribution in [2.75, 3.05) is 25.0 Å². The summed E-state index contributed by atoms with van der Waals surface area (Å²) in [6.07, 6.45) is 7.57. The molecule has 1 aromatic heterocycles. The summed E-state index contributed by atoms with van der Waals surface area (Å²) in [6, 6.07) is 2.12. The third kappa shape index (κ3) is 1.89. The maximum atomic E-state index is 8.84. The van der Waals surface area contributed by atoms with Crippen molar-refractivity contribution in [3.63, 3.8) is 0 Å². The Morgan fingerprint density at radius 3 is 3.00 bits per heavy atom. The van der Waals surface area contributed by atoms with Gasteiger partial charge in [0.1, 0.15) is 16.8 Å². The van der Waals surface area contributed by atoms with E-state index in [1.54, 1.807) is 6.20 Å². The number of rotatable bonds is 2. The van der Waals surface area contributed by atoms with E-state index < -0.39 is 0 Å². The highest BCUT2D eigenvalue weighted by Gasteiger charge is 2.48. The Bertz CT molecular complexity index is 593. The highest BCUT2D eigenvalue weighted by Crippen LogP contribution is 2.41. The van der Waals surface area contributed by atoms with E-state index in [1.807, 2.05) is 0 Å². The van der Waals surface area contributed by atoms with Gasteiger partial charge in [0.05, 0.1) is 11.7 Å². The maximum Gasteiger partial charge on any atom is 0.189 e. The molecule has 1 aromatic rings. The summed E-state index contributed by atoms with van der Waals surface area (Å²) in [4.78, 5) is 7.44. The van der Waals surface area contributed by atoms with Gasteiger partial charge in [0.15, 0.2) is 5.13 Å². The molecule has 3 saturated heterocycles. The largest absolute Gasteiger partial charge is 0.365 e. The predicted molar refractivity (Wildman–Crippen MR) is 78.2 cm³/mol. The maximum absolute atomic E-state index is 8.84. The minimum absolute atomic E-state index is 0.230. The molecular weight excluding hydrogens is 270 g/mol. The Morgan fingerprint density at radius 1 is 1.50 bits per heavy atom. The van der Waals surface area contributed by atoms with Crippen LogP contribution in [0.2, 0.25) is 0 Å². The molecule has 4 aliphatic heterocycles. The first-order chi connectivity index (χ1) is 9.77. The Labute approximate surface area is 122 Å². The van der Waals surface area contributed by atoms with E-state index >= 15 is 0 Å². The van der Waals surface area contributed by atoms with Crippen LogP contribution in [0.25, 0.3) is 0 Å². The molecule has 104 valence electrons. The Balaban J connectivity index is 1.46. The van der Waals surface area contributed by atoms with Gasteiger partial charge in [0.2, 0.25) is 0 Å².